The minimum atomic E-state index is -1.10. The lowest BCUT2D eigenvalue weighted by Gasteiger charge is -2.14. The molecule has 2 N–H and O–H groups in total. The minimum Gasteiger partial charge on any atom is -0.484 e. The molecule has 0 spiro atoms. The Balaban J connectivity index is 1.74. The molecule has 1 amide bonds. The summed E-state index contributed by atoms with van der Waals surface area (Å²) in [7, 11) is 0. The Morgan fingerprint density at radius 3 is 2.61 bits per heavy atom. The number of hydrogen-bond donors (Lipinski definition) is 2. The van der Waals surface area contributed by atoms with Crippen LogP contribution in [0.3, 0.4) is 0 Å². The fourth-order valence-electron chi connectivity index (χ4n) is 3.19. The third kappa shape index (κ3) is 5.67. The summed E-state index contributed by atoms with van der Waals surface area (Å²) in [6.07, 6.45) is 2.23. The van der Waals surface area contributed by atoms with E-state index in [-0.39, 0.29) is 12.4 Å². The molecule has 0 aliphatic heterocycles. The monoisotopic (exact) mass is 441 g/mol. The van der Waals surface area contributed by atoms with E-state index in [0.717, 1.165) is 16.5 Å². The number of hydrogen-bond acceptors (Lipinski definition) is 6. The van der Waals surface area contributed by atoms with Gasteiger partial charge in [-0.15, -0.1) is 0 Å². The summed E-state index contributed by atoms with van der Waals surface area (Å²) in [5.74, 6) is -1.04. The summed E-state index contributed by atoms with van der Waals surface area (Å²) in [4.78, 5) is 35.7. The van der Waals surface area contributed by atoms with Crippen molar-refractivity contribution >= 4 is 34.6 Å². The van der Waals surface area contributed by atoms with E-state index in [9.17, 15) is 14.4 Å². The smallest absolute Gasteiger partial charge is 0.340 e. The zero-order valence-electron chi connectivity index (χ0n) is 17.2. The second kappa shape index (κ2) is 10.2. The van der Waals surface area contributed by atoms with Gasteiger partial charge in [-0.1, -0.05) is 30.3 Å². The number of carboxylic acids is 1. The molecule has 3 rings (SSSR count). The van der Waals surface area contributed by atoms with Crippen molar-refractivity contribution in [3.63, 3.8) is 0 Å². The van der Waals surface area contributed by atoms with Gasteiger partial charge in [0.05, 0.1) is 0 Å². The van der Waals surface area contributed by atoms with Crippen molar-refractivity contribution in [1.29, 1.82) is 0 Å². The molecule has 0 saturated heterocycles. The van der Waals surface area contributed by atoms with Gasteiger partial charge in [0.25, 0.3) is 5.91 Å². The van der Waals surface area contributed by atoms with Crippen LogP contribution in [0.4, 0.5) is 0 Å². The first-order chi connectivity index (χ1) is 14.9. The summed E-state index contributed by atoms with van der Waals surface area (Å²) < 4.78 is 11.0. The zero-order valence-corrected chi connectivity index (χ0v) is 18.0. The van der Waals surface area contributed by atoms with Gasteiger partial charge in [0.2, 0.25) is 0 Å². The molecule has 0 bridgehead atoms. The van der Waals surface area contributed by atoms with E-state index in [2.05, 4.69) is 5.32 Å². The molecule has 1 unspecified atom stereocenters. The van der Waals surface area contributed by atoms with E-state index >= 15 is 0 Å². The van der Waals surface area contributed by atoms with E-state index in [4.69, 9.17) is 14.3 Å². The maximum Gasteiger partial charge on any atom is 0.340 e. The highest BCUT2D eigenvalue weighted by molar-refractivity contribution is 7.98. The van der Waals surface area contributed by atoms with E-state index < -0.39 is 23.5 Å². The topological polar surface area (TPSA) is 106 Å². The lowest BCUT2D eigenvalue weighted by atomic mass is 10.00. The Morgan fingerprint density at radius 1 is 1.19 bits per heavy atom. The highest BCUT2D eigenvalue weighted by Crippen LogP contribution is 2.25. The zero-order chi connectivity index (χ0) is 22.4. The first-order valence-electron chi connectivity index (χ1n) is 9.63. The summed E-state index contributed by atoms with van der Waals surface area (Å²) in [6.45, 7) is 1.53. The number of thioether (sulfide) groups is 1. The van der Waals surface area contributed by atoms with Crippen LogP contribution in [0.2, 0.25) is 0 Å². The number of carbonyl (C=O) groups excluding carboxylic acids is 1. The van der Waals surface area contributed by atoms with Gasteiger partial charge in [-0.25, -0.2) is 9.59 Å². The number of aryl methyl sites for hydroxylation is 1. The van der Waals surface area contributed by atoms with Crippen molar-refractivity contribution in [3.8, 4) is 5.75 Å². The second-order valence-corrected chi connectivity index (χ2v) is 7.93. The number of rotatable bonds is 9. The molecule has 31 heavy (non-hydrogen) atoms. The molecule has 8 heteroatoms. The molecule has 1 heterocycles. The number of carboxylic acid groups (broad SMARTS) is 1. The predicted molar refractivity (Wildman–Crippen MR) is 120 cm³/mol. The van der Waals surface area contributed by atoms with Crippen LogP contribution in [-0.2, 0) is 16.0 Å². The van der Waals surface area contributed by atoms with E-state index in [1.165, 1.54) is 11.8 Å². The lowest BCUT2D eigenvalue weighted by molar-refractivity contribution is -0.141. The third-order valence-corrected chi connectivity index (χ3v) is 5.49. The van der Waals surface area contributed by atoms with Crippen molar-refractivity contribution < 1.29 is 23.8 Å². The van der Waals surface area contributed by atoms with Crippen LogP contribution >= 0.6 is 11.8 Å². The molecule has 0 fully saturated rings. The number of amides is 1. The van der Waals surface area contributed by atoms with Gasteiger partial charge in [0.1, 0.15) is 17.4 Å². The van der Waals surface area contributed by atoms with Crippen molar-refractivity contribution in [1.82, 2.24) is 5.32 Å². The fourth-order valence-corrected chi connectivity index (χ4v) is 3.75. The van der Waals surface area contributed by atoms with Gasteiger partial charge >= 0.3 is 11.6 Å². The molecule has 162 valence electrons. The van der Waals surface area contributed by atoms with Crippen molar-refractivity contribution in [2.45, 2.75) is 19.4 Å². The van der Waals surface area contributed by atoms with Crippen molar-refractivity contribution in [3.05, 3.63) is 75.6 Å². The third-order valence-electron chi connectivity index (χ3n) is 4.82. The van der Waals surface area contributed by atoms with Crippen LogP contribution in [0.25, 0.3) is 11.0 Å². The molecular formula is C23H23NO6S. The first kappa shape index (κ1) is 22.4. The number of ether oxygens (including phenoxy) is 1. The number of aliphatic carboxylic acids is 1. The number of benzene rings is 2. The van der Waals surface area contributed by atoms with Crippen molar-refractivity contribution in [2.75, 3.05) is 18.6 Å². The van der Waals surface area contributed by atoms with E-state index in [1.54, 1.807) is 24.5 Å². The molecular weight excluding hydrogens is 418 g/mol. The van der Waals surface area contributed by atoms with Crippen LogP contribution in [0.15, 0.2) is 57.7 Å². The van der Waals surface area contributed by atoms with Crippen LogP contribution < -0.4 is 15.7 Å². The Hall–Kier alpha value is -3.26. The molecule has 3 aromatic rings. The van der Waals surface area contributed by atoms with Crippen LogP contribution in [0.1, 0.15) is 16.7 Å². The number of fused-ring (bicyclic) bond motifs is 1. The molecule has 7 nitrogen and oxygen atoms in total. The normalized spacial score (nSPS) is 11.8. The van der Waals surface area contributed by atoms with Crippen LogP contribution in [0.5, 0.6) is 5.75 Å². The Labute approximate surface area is 183 Å². The molecule has 0 aliphatic carbocycles. The minimum absolute atomic E-state index is 0.257. The lowest BCUT2D eigenvalue weighted by Crippen LogP contribution is -2.44. The average Bonchev–Trinajstić information content (AvgIpc) is 2.75. The Bertz CT molecular complexity index is 1140. The van der Waals surface area contributed by atoms with Gasteiger partial charge in [-0.2, -0.15) is 11.8 Å². The Morgan fingerprint density at radius 2 is 1.94 bits per heavy atom. The highest BCUT2D eigenvalue weighted by Gasteiger charge is 2.19. The summed E-state index contributed by atoms with van der Waals surface area (Å²) >= 11 is 1.32. The maximum absolute atomic E-state index is 12.6. The van der Waals surface area contributed by atoms with Gasteiger partial charge < -0.3 is 19.6 Å². The standard InChI is InChI=1S/C23H23NO6S/c1-14-17-9-8-16(29-12-21(25)24-19(13-31-2)22(26)27)11-20(17)30-23(28)18(14)10-15-6-4-3-5-7-15/h3-9,11,19H,10,12-13H2,1-2H3,(H,24,25)(H,26,27). The largest absolute Gasteiger partial charge is 0.484 e. The fraction of sp³-hybridized carbons (Fsp3) is 0.261. The van der Waals surface area contributed by atoms with Crippen LogP contribution in [0, 0.1) is 6.92 Å². The van der Waals surface area contributed by atoms with Gasteiger partial charge in [-0.05, 0) is 36.4 Å². The summed E-state index contributed by atoms with van der Waals surface area (Å²) in [5, 5.41) is 12.3. The number of carbonyl (C=O) groups is 2. The second-order valence-electron chi connectivity index (χ2n) is 7.02. The Kier molecular flexibility index (Phi) is 7.36. The quantitative estimate of drug-likeness (QED) is 0.492. The first-order valence-corrected chi connectivity index (χ1v) is 11.0. The molecule has 0 aliphatic rings. The van der Waals surface area contributed by atoms with Gasteiger partial charge in [0.15, 0.2) is 6.61 Å². The summed E-state index contributed by atoms with van der Waals surface area (Å²) in [6, 6.07) is 13.7. The van der Waals surface area contributed by atoms with Gasteiger partial charge in [-0.3, -0.25) is 4.79 Å². The van der Waals surface area contributed by atoms with Gasteiger partial charge in [0, 0.05) is 29.2 Å². The SMILES string of the molecule is CSCC(NC(=O)COc1ccc2c(C)c(Cc3ccccc3)c(=O)oc2c1)C(=O)O. The molecule has 0 saturated carbocycles. The predicted octanol–water partition coefficient (Wildman–Crippen LogP) is 3.00. The number of nitrogens with one attached hydrogen (secondary N) is 1. The van der Waals surface area contributed by atoms with Crippen molar-refractivity contribution in [2.24, 2.45) is 0 Å². The molecule has 0 radical (unpaired) electrons. The molecule has 1 aromatic heterocycles. The maximum atomic E-state index is 12.6. The van der Waals surface area contributed by atoms with E-state index in [1.807, 2.05) is 37.3 Å². The van der Waals surface area contributed by atoms with Crippen LogP contribution in [-0.4, -0.2) is 41.6 Å². The summed E-state index contributed by atoms with van der Waals surface area (Å²) in [5.41, 5.74) is 2.40. The van der Waals surface area contributed by atoms with E-state index in [0.29, 0.717) is 23.3 Å². The average molecular weight is 442 g/mol. The highest BCUT2D eigenvalue weighted by atomic mass is 32.2. The molecule has 2 aromatic carbocycles. The molecule has 1 atom stereocenters.